The van der Waals surface area contributed by atoms with Gasteiger partial charge in [0.25, 0.3) is 0 Å². The fraction of sp³-hybridized carbons (Fsp3) is 0.650. The molecule has 0 bridgehead atoms. The van der Waals surface area contributed by atoms with Gasteiger partial charge in [-0.1, -0.05) is 12.1 Å². The zero-order valence-corrected chi connectivity index (χ0v) is 15.3. The Morgan fingerprint density at radius 1 is 1.20 bits per heavy atom. The lowest BCUT2D eigenvalue weighted by Crippen LogP contribution is -2.52. The molecule has 0 atom stereocenters. The van der Waals surface area contributed by atoms with E-state index in [-0.39, 0.29) is 11.6 Å². The Labute approximate surface area is 150 Å². The normalized spacial score (nSPS) is 19.6. The Hall–Kier alpha value is -1.75. The first kappa shape index (κ1) is 18.1. The Morgan fingerprint density at radius 3 is 2.60 bits per heavy atom. The lowest BCUT2D eigenvalue weighted by Gasteiger charge is -2.43. The number of carbonyl (C=O) groups excluding carboxylic acids is 1. The van der Waals surface area contributed by atoms with Crippen molar-refractivity contribution in [3.05, 3.63) is 29.8 Å². The van der Waals surface area contributed by atoms with Crippen LogP contribution in [0.15, 0.2) is 24.3 Å². The molecule has 1 aromatic rings. The molecule has 1 aromatic carbocycles. The number of piperidine rings is 1. The molecule has 0 unspecified atom stereocenters. The smallest absolute Gasteiger partial charge is 0.317 e. The number of benzene rings is 1. The molecule has 2 heterocycles. The number of nitrogens with zero attached hydrogens (tertiary/aromatic N) is 1. The fourth-order valence-electron chi connectivity index (χ4n) is 3.77. The molecule has 25 heavy (non-hydrogen) atoms. The van der Waals surface area contributed by atoms with Crippen LogP contribution in [0.5, 0.6) is 5.75 Å². The summed E-state index contributed by atoms with van der Waals surface area (Å²) in [5, 5.41) is 3.05. The van der Waals surface area contributed by atoms with Gasteiger partial charge in [-0.2, -0.15) is 0 Å². The van der Waals surface area contributed by atoms with Crippen LogP contribution in [0.4, 0.5) is 4.79 Å². The molecule has 2 fully saturated rings. The minimum atomic E-state index is 0.0524. The predicted molar refractivity (Wildman–Crippen MR) is 98.1 cm³/mol. The molecule has 138 valence electrons. The van der Waals surface area contributed by atoms with E-state index in [4.69, 9.17) is 9.47 Å². The van der Waals surface area contributed by atoms with E-state index in [0.29, 0.717) is 13.2 Å². The number of ether oxygens (including phenoxy) is 2. The Balaban J connectivity index is 1.38. The summed E-state index contributed by atoms with van der Waals surface area (Å²) >= 11 is 0. The summed E-state index contributed by atoms with van der Waals surface area (Å²) in [5.41, 5.74) is 1.26. The van der Waals surface area contributed by atoms with E-state index in [2.05, 4.69) is 17.4 Å². The summed E-state index contributed by atoms with van der Waals surface area (Å²) in [4.78, 5) is 14.3. The second-order valence-corrected chi connectivity index (χ2v) is 7.03. The van der Waals surface area contributed by atoms with Crippen molar-refractivity contribution in [2.24, 2.45) is 0 Å². The maximum absolute atomic E-state index is 12.4. The van der Waals surface area contributed by atoms with Gasteiger partial charge in [0.15, 0.2) is 0 Å². The van der Waals surface area contributed by atoms with Crippen molar-refractivity contribution in [1.29, 1.82) is 0 Å². The summed E-state index contributed by atoms with van der Waals surface area (Å²) < 4.78 is 11.5. The van der Waals surface area contributed by atoms with Crippen LogP contribution >= 0.6 is 0 Å². The summed E-state index contributed by atoms with van der Waals surface area (Å²) in [7, 11) is 0. The van der Waals surface area contributed by atoms with Crippen LogP contribution in [-0.4, -0.2) is 49.4 Å². The molecule has 1 spiro atoms. The molecule has 5 nitrogen and oxygen atoms in total. The second kappa shape index (κ2) is 8.56. The molecule has 5 heteroatoms. The Bertz CT molecular complexity index is 543. The average molecular weight is 346 g/mol. The molecule has 1 N–H and O–H groups in total. The van der Waals surface area contributed by atoms with Crippen molar-refractivity contribution >= 4 is 6.03 Å². The minimum absolute atomic E-state index is 0.0524. The molecule has 2 aliphatic rings. The van der Waals surface area contributed by atoms with Crippen molar-refractivity contribution in [2.45, 2.75) is 51.0 Å². The molecule has 2 amide bonds. The van der Waals surface area contributed by atoms with Gasteiger partial charge in [-0.25, -0.2) is 4.79 Å². The molecule has 0 aliphatic carbocycles. The number of carbonyl (C=O) groups is 1. The van der Waals surface area contributed by atoms with Crippen LogP contribution in [0.2, 0.25) is 0 Å². The van der Waals surface area contributed by atoms with Crippen molar-refractivity contribution < 1.29 is 14.3 Å². The quantitative estimate of drug-likeness (QED) is 0.889. The zero-order chi connectivity index (χ0) is 17.5. The molecule has 3 rings (SSSR count). The van der Waals surface area contributed by atoms with Crippen molar-refractivity contribution in [1.82, 2.24) is 10.2 Å². The van der Waals surface area contributed by atoms with E-state index in [9.17, 15) is 4.79 Å². The second-order valence-electron chi connectivity index (χ2n) is 7.03. The summed E-state index contributed by atoms with van der Waals surface area (Å²) in [6, 6.07) is 8.13. The van der Waals surface area contributed by atoms with Crippen molar-refractivity contribution in [3.8, 4) is 5.75 Å². The number of amides is 2. The SMILES string of the molecule is CCOc1ccc(CCNC(=O)N2CCC3(CCCCO3)CC2)cc1. The Morgan fingerprint density at radius 2 is 1.96 bits per heavy atom. The number of rotatable bonds is 5. The van der Waals surface area contributed by atoms with E-state index in [1.165, 1.54) is 18.4 Å². The minimum Gasteiger partial charge on any atom is -0.494 e. The van der Waals surface area contributed by atoms with Gasteiger partial charge in [-0.3, -0.25) is 0 Å². The van der Waals surface area contributed by atoms with Crippen LogP contribution in [-0.2, 0) is 11.2 Å². The zero-order valence-electron chi connectivity index (χ0n) is 15.3. The molecule has 0 radical (unpaired) electrons. The highest BCUT2D eigenvalue weighted by atomic mass is 16.5. The first-order valence-electron chi connectivity index (χ1n) is 9.59. The summed E-state index contributed by atoms with van der Waals surface area (Å²) in [5.74, 6) is 0.891. The molecular formula is C20H30N2O3. The van der Waals surface area contributed by atoms with E-state index in [1.807, 2.05) is 24.0 Å². The molecule has 0 saturated carbocycles. The van der Waals surface area contributed by atoms with Gasteiger partial charge in [0.1, 0.15) is 5.75 Å². The van der Waals surface area contributed by atoms with Gasteiger partial charge in [0.05, 0.1) is 12.2 Å². The van der Waals surface area contributed by atoms with Crippen LogP contribution in [0.3, 0.4) is 0 Å². The van der Waals surface area contributed by atoms with E-state index >= 15 is 0 Å². The fourth-order valence-corrected chi connectivity index (χ4v) is 3.77. The largest absolute Gasteiger partial charge is 0.494 e. The molecule has 2 aliphatic heterocycles. The number of hydrogen-bond donors (Lipinski definition) is 1. The third kappa shape index (κ3) is 4.88. The van der Waals surface area contributed by atoms with Gasteiger partial charge < -0.3 is 19.7 Å². The number of nitrogens with one attached hydrogen (secondary N) is 1. The highest BCUT2D eigenvalue weighted by Crippen LogP contribution is 2.34. The lowest BCUT2D eigenvalue weighted by atomic mass is 9.84. The van der Waals surface area contributed by atoms with Gasteiger partial charge in [-0.05, 0) is 63.1 Å². The summed E-state index contributed by atoms with van der Waals surface area (Å²) in [6.45, 7) is 5.80. The maximum atomic E-state index is 12.4. The van der Waals surface area contributed by atoms with Crippen LogP contribution in [0.1, 0.15) is 44.6 Å². The Kier molecular flexibility index (Phi) is 6.19. The molecule has 2 saturated heterocycles. The number of urea groups is 1. The standard InChI is InChI=1S/C20H30N2O3/c1-2-24-18-7-5-17(6-8-18)9-13-21-19(23)22-14-11-20(12-15-22)10-3-4-16-25-20/h5-8H,2-4,9-16H2,1H3,(H,21,23). The first-order chi connectivity index (χ1) is 12.2. The third-order valence-electron chi connectivity index (χ3n) is 5.32. The lowest BCUT2D eigenvalue weighted by molar-refractivity contribution is -0.106. The molecular weight excluding hydrogens is 316 g/mol. The highest BCUT2D eigenvalue weighted by Gasteiger charge is 2.37. The average Bonchev–Trinajstić information content (AvgIpc) is 2.65. The monoisotopic (exact) mass is 346 g/mol. The van der Waals surface area contributed by atoms with Gasteiger partial charge >= 0.3 is 6.03 Å². The van der Waals surface area contributed by atoms with Crippen molar-refractivity contribution in [3.63, 3.8) is 0 Å². The topological polar surface area (TPSA) is 50.8 Å². The van der Waals surface area contributed by atoms with Crippen LogP contribution < -0.4 is 10.1 Å². The maximum Gasteiger partial charge on any atom is 0.317 e. The third-order valence-corrected chi connectivity index (χ3v) is 5.32. The predicted octanol–water partition coefficient (Wildman–Crippen LogP) is 3.37. The number of likely N-dealkylation sites (tertiary alicyclic amines) is 1. The first-order valence-corrected chi connectivity index (χ1v) is 9.59. The number of hydrogen-bond acceptors (Lipinski definition) is 3. The van der Waals surface area contributed by atoms with E-state index < -0.39 is 0 Å². The summed E-state index contributed by atoms with van der Waals surface area (Å²) in [6.07, 6.45) is 6.36. The van der Waals surface area contributed by atoms with Crippen LogP contribution in [0.25, 0.3) is 0 Å². The van der Waals surface area contributed by atoms with E-state index in [0.717, 1.165) is 51.1 Å². The van der Waals surface area contributed by atoms with Gasteiger partial charge in [-0.15, -0.1) is 0 Å². The highest BCUT2D eigenvalue weighted by molar-refractivity contribution is 5.74. The van der Waals surface area contributed by atoms with Crippen molar-refractivity contribution in [2.75, 3.05) is 32.8 Å². The van der Waals surface area contributed by atoms with Crippen LogP contribution in [0, 0.1) is 0 Å². The van der Waals surface area contributed by atoms with Gasteiger partial charge in [0, 0.05) is 26.2 Å². The van der Waals surface area contributed by atoms with Gasteiger partial charge in [0.2, 0.25) is 0 Å². The molecule has 0 aromatic heterocycles. The van der Waals surface area contributed by atoms with E-state index in [1.54, 1.807) is 0 Å².